The quantitative estimate of drug-likeness (QED) is 0.679. The number of hydrogen-bond donors (Lipinski definition) is 3. The van der Waals surface area contributed by atoms with Crippen molar-refractivity contribution < 1.29 is 14.6 Å². The number of nitrogens with zero attached hydrogens (tertiary/aromatic N) is 2. The summed E-state index contributed by atoms with van der Waals surface area (Å²) in [6.45, 7) is 12.7. The summed E-state index contributed by atoms with van der Waals surface area (Å²) in [5, 5.41) is 16.3. The molecule has 0 aliphatic carbocycles. The minimum atomic E-state index is -0.643. The Hall–Kier alpha value is -3.24. The van der Waals surface area contributed by atoms with Crippen LogP contribution in [0.15, 0.2) is 41.4 Å². The van der Waals surface area contributed by atoms with Crippen molar-refractivity contribution in [3.05, 3.63) is 58.4 Å². The number of carbonyl (C=O) groups excluding carboxylic acids is 1. The van der Waals surface area contributed by atoms with Gasteiger partial charge in [-0.3, -0.25) is 15.1 Å². The van der Waals surface area contributed by atoms with Crippen molar-refractivity contribution in [3.63, 3.8) is 0 Å². The minimum Gasteiger partial charge on any atom is -0.507 e. The van der Waals surface area contributed by atoms with Crippen molar-refractivity contribution in [2.24, 2.45) is 10.4 Å². The summed E-state index contributed by atoms with van der Waals surface area (Å²) >= 11 is 6.13. The van der Waals surface area contributed by atoms with Crippen molar-refractivity contribution in [2.75, 3.05) is 13.1 Å². The van der Waals surface area contributed by atoms with Gasteiger partial charge in [0.1, 0.15) is 17.1 Å². The number of guanidine groups is 1. The lowest BCUT2D eigenvalue weighted by Crippen LogP contribution is -2.49. The molecule has 1 amide bonds. The van der Waals surface area contributed by atoms with Crippen LogP contribution in [0.2, 0.25) is 5.02 Å². The molecule has 7 nitrogen and oxygen atoms in total. The number of hydrogen-bond acceptors (Lipinski definition) is 5. The lowest BCUT2D eigenvalue weighted by Gasteiger charge is -2.29. The Morgan fingerprint density at radius 1 is 1.36 bits per heavy atom. The summed E-state index contributed by atoms with van der Waals surface area (Å²) < 4.78 is 5.76. The van der Waals surface area contributed by atoms with Crippen LogP contribution in [0, 0.1) is 12.0 Å². The monoisotopic (exact) mass is 398 g/mol. The van der Waals surface area contributed by atoms with Crippen molar-refractivity contribution in [1.29, 1.82) is 0 Å². The number of carbonyl (C=O) groups is 1. The Labute approximate surface area is 167 Å². The third kappa shape index (κ3) is 4.18. The molecule has 0 aromatic heterocycles. The second kappa shape index (κ2) is 7.79. The van der Waals surface area contributed by atoms with Gasteiger partial charge in [-0.25, -0.2) is 4.85 Å². The van der Waals surface area contributed by atoms with Crippen LogP contribution in [0.25, 0.3) is 4.85 Å². The molecule has 0 atom stereocenters. The van der Waals surface area contributed by atoms with E-state index in [0.29, 0.717) is 24.1 Å². The summed E-state index contributed by atoms with van der Waals surface area (Å²) in [7, 11) is 0. The van der Waals surface area contributed by atoms with Crippen molar-refractivity contribution in [3.8, 4) is 17.2 Å². The minimum absolute atomic E-state index is 0.0152. The van der Waals surface area contributed by atoms with Crippen LogP contribution in [0.3, 0.4) is 0 Å². The van der Waals surface area contributed by atoms with E-state index in [2.05, 4.69) is 34.3 Å². The van der Waals surface area contributed by atoms with E-state index >= 15 is 0 Å². The number of phenolic OH excluding ortho intramolecular Hbond substituents is 1. The maximum absolute atomic E-state index is 12.9. The zero-order chi connectivity index (χ0) is 20.3. The molecule has 2 aromatic rings. The first kappa shape index (κ1) is 19.5. The molecule has 3 N–H and O–H groups in total. The maximum atomic E-state index is 12.9. The Balaban J connectivity index is 1.96. The number of nitrogens with one attached hydrogen (secondary N) is 2. The lowest BCUT2D eigenvalue weighted by molar-refractivity contribution is 0.0969. The number of rotatable bonds is 3. The van der Waals surface area contributed by atoms with Crippen LogP contribution in [0.1, 0.15) is 24.2 Å². The predicted octanol–water partition coefficient (Wildman–Crippen LogP) is 4.10. The van der Waals surface area contributed by atoms with Gasteiger partial charge in [0.15, 0.2) is 11.7 Å². The van der Waals surface area contributed by atoms with Crippen LogP contribution in [0.5, 0.6) is 17.2 Å². The maximum Gasteiger partial charge on any atom is 0.264 e. The summed E-state index contributed by atoms with van der Waals surface area (Å²) in [4.78, 5) is 20.6. The average molecular weight is 399 g/mol. The summed E-state index contributed by atoms with van der Waals surface area (Å²) in [6.07, 6.45) is 0. The highest BCUT2D eigenvalue weighted by molar-refractivity contribution is 6.32. The molecule has 8 heteroatoms. The van der Waals surface area contributed by atoms with Gasteiger partial charge in [0.05, 0.1) is 11.6 Å². The van der Waals surface area contributed by atoms with E-state index in [1.807, 2.05) is 0 Å². The first-order valence-electron chi connectivity index (χ1n) is 8.56. The zero-order valence-corrected chi connectivity index (χ0v) is 16.2. The molecule has 0 saturated carbocycles. The van der Waals surface area contributed by atoms with E-state index < -0.39 is 5.91 Å². The predicted molar refractivity (Wildman–Crippen MR) is 107 cm³/mol. The van der Waals surface area contributed by atoms with Gasteiger partial charge in [0.25, 0.3) is 5.91 Å². The first-order valence-corrected chi connectivity index (χ1v) is 8.94. The molecule has 0 spiro atoms. The van der Waals surface area contributed by atoms with Gasteiger partial charge in [-0.2, -0.15) is 0 Å². The Morgan fingerprint density at radius 3 is 2.75 bits per heavy atom. The summed E-state index contributed by atoms with van der Waals surface area (Å²) in [6, 6.07) is 9.33. The smallest absolute Gasteiger partial charge is 0.264 e. The molecular weight excluding hydrogens is 380 g/mol. The molecule has 1 heterocycles. The van der Waals surface area contributed by atoms with Crippen molar-refractivity contribution >= 4 is 29.2 Å². The molecular formula is C20H19ClN4O3. The van der Waals surface area contributed by atoms with Crippen molar-refractivity contribution in [1.82, 2.24) is 10.6 Å². The second-order valence-corrected chi connectivity index (χ2v) is 7.50. The molecule has 0 saturated heterocycles. The number of aliphatic imine (C=N–C) groups is 1. The number of ether oxygens (including phenoxy) is 1. The molecule has 28 heavy (non-hydrogen) atoms. The van der Waals surface area contributed by atoms with E-state index in [-0.39, 0.29) is 33.9 Å². The van der Waals surface area contributed by atoms with Gasteiger partial charge < -0.3 is 15.2 Å². The number of aromatic hydroxyl groups is 1. The van der Waals surface area contributed by atoms with Gasteiger partial charge in [-0.05, 0) is 24.3 Å². The second-order valence-electron chi connectivity index (χ2n) is 7.09. The third-order valence-electron chi connectivity index (χ3n) is 4.14. The van der Waals surface area contributed by atoms with Gasteiger partial charge in [-0.1, -0.05) is 37.6 Å². The van der Waals surface area contributed by atoms with Gasteiger partial charge in [0.2, 0.25) is 5.69 Å². The highest BCUT2D eigenvalue weighted by atomic mass is 35.5. The standard InChI is InChI=1S/C20H19ClN4O3/c1-20(2)10-23-19(24-11-20)25-18(27)16-14(26)9-8-13(22-3)17(16)28-15-7-5-4-6-12(15)21/h4-9,26H,10-11H2,1-2H3,(H2,23,24,25,27). The van der Waals surface area contributed by atoms with E-state index in [1.165, 1.54) is 12.1 Å². The van der Waals surface area contributed by atoms with Gasteiger partial charge in [0, 0.05) is 18.5 Å². The number of phenols is 1. The molecule has 1 aliphatic rings. The normalized spacial score (nSPS) is 15.0. The lowest BCUT2D eigenvalue weighted by atomic mass is 9.93. The Bertz CT molecular complexity index is 995. The molecule has 0 bridgehead atoms. The number of amides is 1. The van der Waals surface area contributed by atoms with Crippen LogP contribution in [-0.2, 0) is 0 Å². The highest BCUT2D eigenvalue weighted by Gasteiger charge is 2.26. The zero-order valence-electron chi connectivity index (χ0n) is 15.4. The number of halogens is 1. The average Bonchev–Trinajstić information content (AvgIpc) is 2.65. The first-order chi connectivity index (χ1) is 13.3. The number of para-hydroxylation sites is 1. The highest BCUT2D eigenvalue weighted by Crippen LogP contribution is 2.41. The van der Waals surface area contributed by atoms with Crippen LogP contribution in [-0.4, -0.2) is 30.1 Å². The summed E-state index contributed by atoms with van der Waals surface area (Å²) in [5.41, 5.74) is -0.107. The third-order valence-corrected chi connectivity index (χ3v) is 4.45. The SMILES string of the molecule is [C-]#[N+]c1ccc(O)c(C(=O)NC2=NCC(C)(C)CN2)c1Oc1ccccc1Cl. The molecule has 1 aliphatic heterocycles. The van der Waals surface area contributed by atoms with Gasteiger partial charge >= 0.3 is 0 Å². The fourth-order valence-corrected chi connectivity index (χ4v) is 2.77. The van der Waals surface area contributed by atoms with E-state index in [1.54, 1.807) is 24.3 Å². The van der Waals surface area contributed by atoms with Crippen LogP contribution in [0.4, 0.5) is 5.69 Å². The van der Waals surface area contributed by atoms with Crippen LogP contribution < -0.4 is 15.4 Å². The largest absolute Gasteiger partial charge is 0.507 e. The molecule has 3 rings (SSSR count). The Morgan fingerprint density at radius 2 is 2.11 bits per heavy atom. The van der Waals surface area contributed by atoms with E-state index in [9.17, 15) is 9.90 Å². The molecule has 144 valence electrons. The topological polar surface area (TPSA) is 87.3 Å². The van der Waals surface area contributed by atoms with Crippen molar-refractivity contribution in [2.45, 2.75) is 13.8 Å². The van der Waals surface area contributed by atoms with E-state index in [0.717, 1.165) is 0 Å². The molecule has 0 unspecified atom stereocenters. The summed E-state index contributed by atoms with van der Waals surface area (Å²) in [5.74, 6) is -0.457. The van der Waals surface area contributed by atoms with Gasteiger partial charge in [-0.15, -0.1) is 0 Å². The molecule has 2 aromatic carbocycles. The van der Waals surface area contributed by atoms with Crippen LogP contribution >= 0.6 is 11.6 Å². The van der Waals surface area contributed by atoms with E-state index in [4.69, 9.17) is 22.9 Å². The molecule has 0 fully saturated rings. The molecule has 0 radical (unpaired) electrons. The Kier molecular flexibility index (Phi) is 5.43. The fraction of sp³-hybridized carbons (Fsp3) is 0.250. The number of benzene rings is 2. The fourth-order valence-electron chi connectivity index (χ4n) is 2.59.